The molecular weight excluding hydrogens is 529 g/mol. The summed E-state index contributed by atoms with van der Waals surface area (Å²) < 4.78 is 26.1. The Hall–Kier alpha value is -3.35. The Morgan fingerprint density at radius 2 is 1.73 bits per heavy atom. The molecule has 2 amide bonds. The molecule has 1 aromatic carbocycles. The molecule has 220 valence electrons. The first-order valence-corrected chi connectivity index (χ1v) is 14.8. The van der Waals surface area contributed by atoms with E-state index in [0.717, 1.165) is 19.3 Å². The zero-order chi connectivity index (χ0) is 29.1. The van der Waals surface area contributed by atoms with Crippen LogP contribution in [0.15, 0.2) is 12.1 Å². The highest BCUT2D eigenvalue weighted by molar-refractivity contribution is 5.98. The highest BCUT2D eigenvalue weighted by Crippen LogP contribution is 2.55. The quantitative estimate of drug-likeness (QED) is 0.429. The van der Waals surface area contributed by atoms with E-state index in [0.29, 0.717) is 44.9 Å². The number of carboxylic acids is 1. The molecule has 6 fully saturated rings. The lowest BCUT2D eigenvalue weighted by atomic mass is 9.75. The molecule has 0 unspecified atom stereocenters. The van der Waals surface area contributed by atoms with Crippen molar-refractivity contribution >= 4 is 17.8 Å². The standard InChI is InChI=1S/C31H38FN3O6/c1-30(29(38)39)7-5-20(6-8-30)41-23-11-21(24(40-2)10-18(23)15-33)27(36)35-26-17-4-3-16(9-17)25(26)28(37)34-22-14-31(32)12-19(22)13-31/h10-11,16-17,19-20,22,25-26H,3-9,12-14H2,1-2H3,(H,34,37)(H,35,36)(H,38,39)/t16-,17+,19?,20?,22-,25+,26-,30?,31?/m1/s1. The maximum Gasteiger partial charge on any atom is 0.309 e. The Bertz CT molecular complexity index is 1300. The molecule has 6 aliphatic carbocycles. The minimum atomic E-state index is -1.12. The molecule has 7 rings (SSSR count). The van der Waals surface area contributed by atoms with Crippen molar-refractivity contribution in [2.75, 3.05) is 7.11 Å². The number of aliphatic carboxylic acids is 1. The molecule has 0 aromatic heterocycles. The number of carboxylic acid groups (broad SMARTS) is 1. The molecule has 10 heteroatoms. The van der Waals surface area contributed by atoms with E-state index in [2.05, 4.69) is 16.7 Å². The number of rotatable bonds is 8. The van der Waals surface area contributed by atoms with E-state index in [-0.39, 0.29) is 70.4 Å². The van der Waals surface area contributed by atoms with Crippen molar-refractivity contribution in [3.63, 3.8) is 0 Å². The second-order valence-electron chi connectivity index (χ2n) is 13.3. The first kappa shape index (κ1) is 27.8. The molecule has 9 nitrogen and oxygen atoms in total. The van der Waals surface area contributed by atoms with Crippen LogP contribution in [0.4, 0.5) is 4.39 Å². The summed E-state index contributed by atoms with van der Waals surface area (Å²) in [5.74, 6) is -0.612. The number of ether oxygens (including phenoxy) is 2. The van der Waals surface area contributed by atoms with Gasteiger partial charge in [-0.1, -0.05) is 0 Å². The van der Waals surface area contributed by atoms with Crippen molar-refractivity contribution < 1.29 is 33.4 Å². The van der Waals surface area contributed by atoms with Gasteiger partial charge in [0.25, 0.3) is 5.91 Å². The number of amides is 2. The van der Waals surface area contributed by atoms with Gasteiger partial charge in [-0.2, -0.15) is 5.26 Å². The maximum atomic E-state index is 14.4. The third kappa shape index (κ3) is 4.91. The lowest BCUT2D eigenvalue weighted by molar-refractivity contribution is -0.150. The molecule has 4 bridgehead atoms. The number of nitrogens with one attached hydrogen (secondary N) is 2. The summed E-state index contributed by atoms with van der Waals surface area (Å²) in [6.07, 6.45) is 5.87. The van der Waals surface area contributed by atoms with Gasteiger partial charge in [-0.25, -0.2) is 4.39 Å². The summed E-state index contributed by atoms with van der Waals surface area (Å²) in [4.78, 5) is 38.8. The van der Waals surface area contributed by atoms with Crippen LogP contribution in [0.3, 0.4) is 0 Å². The van der Waals surface area contributed by atoms with Crippen LogP contribution >= 0.6 is 0 Å². The van der Waals surface area contributed by atoms with Crippen LogP contribution in [-0.4, -0.2) is 53.9 Å². The molecule has 5 atom stereocenters. The van der Waals surface area contributed by atoms with Crippen molar-refractivity contribution in [1.82, 2.24) is 10.6 Å². The smallest absolute Gasteiger partial charge is 0.309 e. The van der Waals surface area contributed by atoms with E-state index < -0.39 is 23.0 Å². The second-order valence-corrected chi connectivity index (χ2v) is 13.3. The molecule has 3 N–H and O–H groups in total. The number of alkyl halides is 1. The van der Waals surface area contributed by atoms with Gasteiger partial charge < -0.3 is 25.2 Å². The lowest BCUT2D eigenvalue weighted by Crippen LogP contribution is -2.51. The number of halogens is 1. The van der Waals surface area contributed by atoms with Gasteiger partial charge >= 0.3 is 5.97 Å². The fourth-order valence-corrected chi connectivity index (χ4v) is 8.28. The van der Waals surface area contributed by atoms with Gasteiger partial charge in [-0.15, -0.1) is 0 Å². The number of hydrogen-bond acceptors (Lipinski definition) is 6. The summed E-state index contributed by atoms with van der Waals surface area (Å²) >= 11 is 0. The highest BCUT2D eigenvalue weighted by atomic mass is 19.1. The third-order valence-electron chi connectivity index (χ3n) is 10.8. The van der Waals surface area contributed by atoms with Gasteiger partial charge in [0.2, 0.25) is 5.91 Å². The van der Waals surface area contributed by atoms with Gasteiger partial charge in [-0.3, -0.25) is 14.4 Å². The van der Waals surface area contributed by atoms with Gasteiger partial charge in [0.05, 0.1) is 35.7 Å². The largest absolute Gasteiger partial charge is 0.496 e. The van der Waals surface area contributed by atoms with Gasteiger partial charge in [0.1, 0.15) is 23.2 Å². The van der Waals surface area contributed by atoms with Gasteiger partial charge in [0, 0.05) is 24.6 Å². The predicted molar refractivity (Wildman–Crippen MR) is 145 cm³/mol. The van der Waals surface area contributed by atoms with E-state index in [4.69, 9.17) is 9.47 Å². The van der Waals surface area contributed by atoms with E-state index in [1.165, 1.54) is 19.2 Å². The topological polar surface area (TPSA) is 138 Å². The normalized spacial score (nSPS) is 38.4. The molecule has 0 spiro atoms. The average molecular weight is 568 g/mol. The molecule has 0 saturated heterocycles. The SMILES string of the molecule is COc1cc(C#N)c(OC2CCC(C)(C(=O)O)CC2)cc1C(=O)N[C@@H]1[C@H]2CC[C@H](C2)[C@@H]1C(=O)N[C@@H]1CC2(F)CC1C2. The first-order valence-electron chi connectivity index (χ1n) is 14.8. The Balaban J connectivity index is 1.18. The summed E-state index contributed by atoms with van der Waals surface area (Å²) in [7, 11) is 1.43. The Labute approximate surface area is 239 Å². The summed E-state index contributed by atoms with van der Waals surface area (Å²) in [5, 5.41) is 25.5. The Morgan fingerprint density at radius 3 is 2.34 bits per heavy atom. The Morgan fingerprint density at radius 1 is 1.02 bits per heavy atom. The van der Waals surface area contributed by atoms with Crippen molar-refractivity contribution in [3.05, 3.63) is 23.3 Å². The van der Waals surface area contributed by atoms with Crippen molar-refractivity contribution in [1.29, 1.82) is 5.26 Å². The van der Waals surface area contributed by atoms with E-state index in [1.54, 1.807) is 6.92 Å². The zero-order valence-electron chi connectivity index (χ0n) is 23.6. The molecule has 0 aliphatic heterocycles. The summed E-state index contributed by atoms with van der Waals surface area (Å²) in [6, 6.07) is 4.65. The van der Waals surface area contributed by atoms with Crippen molar-refractivity contribution in [2.45, 2.75) is 95.0 Å². The molecule has 6 saturated carbocycles. The lowest BCUT2D eigenvalue weighted by Gasteiger charge is -2.34. The fraction of sp³-hybridized carbons (Fsp3) is 0.677. The maximum absolute atomic E-state index is 14.4. The van der Waals surface area contributed by atoms with Crippen LogP contribution in [-0.2, 0) is 9.59 Å². The number of nitrogens with zero attached hydrogens (tertiary/aromatic N) is 1. The number of hydrogen-bond donors (Lipinski definition) is 3. The molecule has 6 aliphatic rings. The zero-order valence-corrected chi connectivity index (χ0v) is 23.6. The number of methoxy groups -OCH3 is 1. The monoisotopic (exact) mass is 567 g/mol. The predicted octanol–water partition coefficient (Wildman–Crippen LogP) is 4.13. The van der Waals surface area contributed by atoms with Crippen LogP contribution in [0.2, 0.25) is 0 Å². The summed E-state index contributed by atoms with van der Waals surface area (Å²) in [5.41, 5.74) is -1.48. The third-order valence-corrected chi connectivity index (χ3v) is 10.8. The number of nitriles is 1. The highest BCUT2D eigenvalue weighted by Gasteiger charge is 2.58. The van der Waals surface area contributed by atoms with Gasteiger partial charge in [-0.05, 0) is 88.5 Å². The van der Waals surface area contributed by atoms with Crippen LogP contribution in [0.25, 0.3) is 0 Å². The number of carbonyl (C=O) groups is 3. The van der Waals surface area contributed by atoms with Crippen LogP contribution in [0.1, 0.15) is 87.1 Å². The number of benzene rings is 1. The van der Waals surface area contributed by atoms with E-state index in [1.807, 2.05) is 0 Å². The molecule has 1 aromatic rings. The number of fused-ring (bicyclic) bond motifs is 3. The minimum absolute atomic E-state index is 0.0925. The summed E-state index contributed by atoms with van der Waals surface area (Å²) in [6.45, 7) is 1.74. The van der Waals surface area contributed by atoms with Crippen molar-refractivity contribution in [3.8, 4) is 17.6 Å². The first-order chi connectivity index (χ1) is 19.5. The van der Waals surface area contributed by atoms with Crippen LogP contribution in [0.5, 0.6) is 11.5 Å². The Kier molecular flexibility index (Phi) is 6.90. The molecular formula is C31H38FN3O6. The second kappa shape index (κ2) is 10.2. The minimum Gasteiger partial charge on any atom is -0.496 e. The van der Waals surface area contributed by atoms with E-state index in [9.17, 15) is 29.1 Å². The van der Waals surface area contributed by atoms with Crippen LogP contribution in [0, 0.1) is 40.4 Å². The fourth-order valence-electron chi connectivity index (χ4n) is 8.28. The van der Waals surface area contributed by atoms with E-state index >= 15 is 0 Å². The van der Waals surface area contributed by atoms with Gasteiger partial charge in [0.15, 0.2) is 0 Å². The molecule has 0 heterocycles. The average Bonchev–Trinajstić information content (AvgIpc) is 3.69. The van der Waals surface area contributed by atoms with Crippen molar-refractivity contribution in [2.24, 2.45) is 29.1 Å². The molecule has 41 heavy (non-hydrogen) atoms. The molecule has 0 radical (unpaired) electrons. The number of carbonyl (C=O) groups excluding carboxylic acids is 2. The van der Waals surface area contributed by atoms with Crippen LogP contribution < -0.4 is 20.1 Å².